The minimum absolute atomic E-state index is 0.137. The third kappa shape index (κ3) is 2.89. The highest BCUT2D eigenvalue weighted by molar-refractivity contribution is 7.03. The average molecular weight is 316 g/mol. The summed E-state index contributed by atoms with van der Waals surface area (Å²) in [5.41, 5.74) is 5.51. The van der Waals surface area contributed by atoms with E-state index >= 15 is 0 Å². The molecule has 2 heterocycles. The maximum absolute atomic E-state index is 12.7. The first kappa shape index (κ1) is 15.1. The van der Waals surface area contributed by atoms with Crippen LogP contribution in [0.5, 0.6) is 0 Å². The van der Waals surface area contributed by atoms with E-state index in [9.17, 15) is 4.79 Å². The molecular formula is C16H20N4OS. The number of aromatic nitrogens is 2. The fourth-order valence-electron chi connectivity index (χ4n) is 3.18. The minimum Gasteiger partial charge on any atom is -0.310 e. The van der Waals surface area contributed by atoms with Crippen molar-refractivity contribution in [3.63, 3.8) is 0 Å². The van der Waals surface area contributed by atoms with Gasteiger partial charge in [0.2, 0.25) is 5.91 Å². The van der Waals surface area contributed by atoms with Crippen LogP contribution in [0.2, 0.25) is 0 Å². The van der Waals surface area contributed by atoms with Gasteiger partial charge in [-0.3, -0.25) is 10.1 Å². The van der Waals surface area contributed by atoms with E-state index in [1.54, 1.807) is 0 Å². The van der Waals surface area contributed by atoms with Gasteiger partial charge in [0, 0.05) is 24.2 Å². The summed E-state index contributed by atoms with van der Waals surface area (Å²) >= 11 is 1.33. The van der Waals surface area contributed by atoms with Gasteiger partial charge in [-0.1, -0.05) is 22.2 Å². The highest BCUT2D eigenvalue weighted by atomic mass is 32.1. The normalized spacial score (nSPS) is 18.2. The van der Waals surface area contributed by atoms with Gasteiger partial charge in [0.05, 0.1) is 11.7 Å². The molecule has 5 nitrogen and oxygen atoms in total. The molecule has 0 spiro atoms. The molecule has 0 aliphatic carbocycles. The maximum Gasteiger partial charge on any atom is 0.244 e. The summed E-state index contributed by atoms with van der Waals surface area (Å²) in [5.74, 6) is 0.151. The molecule has 1 atom stereocenters. The number of anilines is 1. The summed E-state index contributed by atoms with van der Waals surface area (Å²) in [7, 11) is 0. The zero-order valence-corrected chi connectivity index (χ0v) is 13.9. The van der Waals surface area contributed by atoms with Gasteiger partial charge in [-0.25, -0.2) is 0 Å². The molecular weight excluding hydrogens is 296 g/mol. The number of nitrogens with one attached hydrogen (secondary N) is 1. The van der Waals surface area contributed by atoms with Crippen molar-refractivity contribution in [2.24, 2.45) is 0 Å². The summed E-state index contributed by atoms with van der Waals surface area (Å²) in [6, 6.07) is 4.14. The Balaban J connectivity index is 1.74. The number of nitrogens with zero attached hydrogens (tertiary/aromatic N) is 3. The first-order valence-electron chi connectivity index (χ1n) is 7.45. The molecule has 0 saturated carbocycles. The molecule has 1 amide bonds. The largest absolute Gasteiger partial charge is 0.310 e. The van der Waals surface area contributed by atoms with E-state index in [2.05, 4.69) is 47.8 Å². The van der Waals surface area contributed by atoms with Gasteiger partial charge in [0.1, 0.15) is 0 Å². The Bertz CT molecular complexity index is 660. The quantitative estimate of drug-likeness (QED) is 0.941. The maximum atomic E-state index is 12.7. The van der Waals surface area contributed by atoms with E-state index in [1.165, 1.54) is 17.1 Å². The van der Waals surface area contributed by atoms with Gasteiger partial charge in [-0.15, -0.1) is 5.10 Å². The van der Waals surface area contributed by atoms with E-state index in [4.69, 9.17) is 0 Å². The molecule has 1 saturated heterocycles. The van der Waals surface area contributed by atoms with Crippen LogP contribution in [0.25, 0.3) is 0 Å². The van der Waals surface area contributed by atoms with Crippen molar-refractivity contribution in [3.8, 4) is 0 Å². The van der Waals surface area contributed by atoms with Crippen LogP contribution in [0.1, 0.15) is 28.8 Å². The SMILES string of the molecule is Cc1cc(C)c(N2CC[C@@H](NCc3csnn3)C2=O)c(C)c1. The van der Waals surface area contributed by atoms with Crippen LogP contribution in [-0.2, 0) is 11.3 Å². The molecule has 1 aromatic heterocycles. The predicted molar refractivity (Wildman–Crippen MR) is 88.2 cm³/mol. The molecule has 1 N–H and O–H groups in total. The van der Waals surface area contributed by atoms with E-state index in [0.29, 0.717) is 6.54 Å². The molecule has 3 rings (SSSR count). The standard InChI is InChI=1S/C16H20N4OS/c1-10-6-11(2)15(12(3)7-10)20-5-4-14(16(20)21)17-8-13-9-22-19-18-13/h6-7,9,14,17H,4-5,8H2,1-3H3/t14-/m1/s1. The highest BCUT2D eigenvalue weighted by Gasteiger charge is 2.33. The van der Waals surface area contributed by atoms with Crippen LogP contribution in [-0.4, -0.2) is 28.1 Å². The number of carbonyl (C=O) groups excluding carboxylic acids is 1. The Labute approximate surface area is 134 Å². The third-order valence-electron chi connectivity index (χ3n) is 4.05. The van der Waals surface area contributed by atoms with Crippen molar-refractivity contribution in [2.45, 2.75) is 39.8 Å². The van der Waals surface area contributed by atoms with E-state index in [0.717, 1.165) is 35.5 Å². The van der Waals surface area contributed by atoms with Gasteiger partial charge in [-0.05, 0) is 49.9 Å². The molecule has 1 aliphatic rings. The van der Waals surface area contributed by atoms with E-state index in [1.807, 2.05) is 10.3 Å². The third-order valence-corrected chi connectivity index (χ3v) is 4.60. The van der Waals surface area contributed by atoms with Crippen molar-refractivity contribution in [1.82, 2.24) is 14.9 Å². The molecule has 1 aliphatic heterocycles. The molecule has 6 heteroatoms. The second kappa shape index (κ2) is 6.14. The molecule has 0 bridgehead atoms. The number of rotatable bonds is 4. The van der Waals surface area contributed by atoms with Crippen molar-refractivity contribution >= 4 is 23.1 Å². The lowest BCUT2D eigenvalue weighted by molar-refractivity contribution is -0.118. The number of carbonyl (C=O) groups is 1. The van der Waals surface area contributed by atoms with E-state index < -0.39 is 0 Å². The zero-order valence-electron chi connectivity index (χ0n) is 13.1. The zero-order chi connectivity index (χ0) is 15.7. The molecule has 116 valence electrons. The van der Waals surface area contributed by atoms with Crippen molar-refractivity contribution in [3.05, 3.63) is 39.9 Å². The van der Waals surface area contributed by atoms with Gasteiger partial charge in [0.25, 0.3) is 0 Å². The van der Waals surface area contributed by atoms with Crippen LogP contribution in [0.4, 0.5) is 5.69 Å². The van der Waals surface area contributed by atoms with Crippen LogP contribution in [0, 0.1) is 20.8 Å². The van der Waals surface area contributed by atoms with E-state index in [-0.39, 0.29) is 11.9 Å². The van der Waals surface area contributed by atoms with Crippen molar-refractivity contribution < 1.29 is 4.79 Å². The fourth-order valence-corrected chi connectivity index (χ4v) is 3.63. The van der Waals surface area contributed by atoms with Crippen LogP contribution >= 0.6 is 11.5 Å². The van der Waals surface area contributed by atoms with Crippen LogP contribution < -0.4 is 10.2 Å². The Morgan fingerprint density at radius 2 is 2.05 bits per heavy atom. The summed E-state index contributed by atoms with van der Waals surface area (Å²) in [6.45, 7) is 7.58. The summed E-state index contributed by atoms with van der Waals surface area (Å²) in [4.78, 5) is 14.6. The lowest BCUT2D eigenvalue weighted by Gasteiger charge is -2.22. The van der Waals surface area contributed by atoms with Crippen molar-refractivity contribution in [2.75, 3.05) is 11.4 Å². The summed E-state index contributed by atoms with van der Waals surface area (Å²) < 4.78 is 3.84. The smallest absolute Gasteiger partial charge is 0.244 e. The second-order valence-corrected chi connectivity index (χ2v) is 6.47. The molecule has 1 fully saturated rings. The number of hydrogen-bond acceptors (Lipinski definition) is 5. The fraction of sp³-hybridized carbons (Fsp3) is 0.438. The Hall–Kier alpha value is -1.79. The topological polar surface area (TPSA) is 58.1 Å². The molecule has 0 unspecified atom stereocenters. The number of hydrogen-bond donors (Lipinski definition) is 1. The Morgan fingerprint density at radius 1 is 1.32 bits per heavy atom. The summed E-state index contributed by atoms with van der Waals surface area (Å²) in [5, 5.41) is 9.20. The highest BCUT2D eigenvalue weighted by Crippen LogP contribution is 2.30. The lowest BCUT2D eigenvalue weighted by Crippen LogP contribution is -2.38. The summed E-state index contributed by atoms with van der Waals surface area (Å²) in [6.07, 6.45) is 0.823. The molecule has 22 heavy (non-hydrogen) atoms. The molecule has 2 aromatic rings. The second-order valence-electron chi connectivity index (χ2n) is 5.86. The number of amides is 1. The first-order chi connectivity index (χ1) is 10.6. The van der Waals surface area contributed by atoms with Crippen molar-refractivity contribution in [1.29, 1.82) is 0 Å². The van der Waals surface area contributed by atoms with Gasteiger partial charge in [-0.2, -0.15) is 0 Å². The Kier molecular flexibility index (Phi) is 4.22. The Morgan fingerprint density at radius 3 is 2.68 bits per heavy atom. The number of aryl methyl sites for hydroxylation is 3. The first-order valence-corrected chi connectivity index (χ1v) is 8.28. The minimum atomic E-state index is -0.137. The molecule has 0 radical (unpaired) electrons. The lowest BCUT2D eigenvalue weighted by atomic mass is 10.0. The van der Waals surface area contributed by atoms with Gasteiger partial charge in [0.15, 0.2) is 0 Å². The van der Waals surface area contributed by atoms with Gasteiger partial charge >= 0.3 is 0 Å². The van der Waals surface area contributed by atoms with Gasteiger partial charge < -0.3 is 4.90 Å². The van der Waals surface area contributed by atoms with Crippen LogP contribution in [0.3, 0.4) is 0 Å². The average Bonchev–Trinajstić information content (AvgIpc) is 3.07. The monoisotopic (exact) mass is 316 g/mol. The van der Waals surface area contributed by atoms with Crippen LogP contribution in [0.15, 0.2) is 17.5 Å². The molecule has 1 aromatic carbocycles. The predicted octanol–water partition coefficient (Wildman–Crippen LogP) is 2.36. The number of benzene rings is 1.